The van der Waals surface area contributed by atoms with Gasteiger partial charge in [-0.05, 0) is 93.5 Å². The van der Waals surface area contributed by atoms with E-state index in [0.717, 1.165) is 11.4 Å². The Morgan fingerprint density at radius 1 is 0.362 bits per heavy atom. The van der Waals surface area contributed by atoms with E-state index < -0.39 is 5.41 Å². The molecule has 0 bridgehead atoms. The van der Waals surface area contributed by atoms with Crippen molar-refractivity contribution in [3.8, 4) is 27.9 Å². The lowest BCUT2D eigenvalue weighted by Crippen LogP contribution is -2.28. The third-order valence-electron chi connectivity index (χ3n) is 12.8. The van der Waals surface area contributed by atoms with E-state index in [-0.39, 0.29) is 0 Å². The minimum atomic E-state index is -0.523. The van der Waals surface area contributed by atoms with Crippen LogP contribution in [0.5, 0.6) is 0 Å². The number of anilines is 3. The molecule has 13 rings (SSSR count). The van der Waals surface area contributed by atoms with Gasteiger partial charge < -0.3 is 9.47 Å². The minimum absolute atomic E-state index is 0.523. The van der Waals surface area contributed by atoms with Crippen molar-refractivity contribution in [2.24, 2.45) is 0 Å². The predicted octanol–water partition coefficient (Wildman–Crippen LogP) is 15.0. The normalized spacial score (nSPS) is 13.3. The van der Waals surface area contributed by atoms with E-state index in [0.29, 0.717) is 0 Å². The van der Waals surface area contributed by atoms with Gasteiger partial charge in [0.25, 0.3) is 0 Å². The number of nitrogens with zero attached hydrogens (tertiary/aromatic N) is 2. The maximum Gasteiger partial charge on any atom is 0.0746 e. The Bertz CT molecular complexity index is 3420. The van der Waals surface area contributed by atoms with Crippen molar-refractivity contribution >= 4 is 70.4 Å². The molecule has 2 aromatic heterocycles. The second-order valence-corrected chi connectivity index (χ2v) is 16.6. The van der Waals surface area contributed by atoms with Crippen molar-refractivity contribution in [1.82, 2.24) is 4.57 Å². The van der Waals surface area contributed by atoms with Crippen molar-refractivity contribution in [3.05, 3.63) is 229 Å². The first-order valence-corrected chi connectivity index (χ1v) is 20.8. The first-order chi connectivity index (χ1) is 28.8. The second kappa shape index (κ2) is 11.9. The molecule has 9 aromatic carbocycles. The summed E-state index contributed by atoms with van der Waals surface area (Å²) in [6, 6.07) is 76.8. The maximum atomic E-state index is 2.63. The average molecular weight is 755 g/mol. The first kappa shape index (κ1) is 31.9. The third kappa shape index (κ3) is 4.06. The maximum absolute atomic E-state index is 2.63. The zero-order valence-electron chi connectivity index (χ0n) is 31.4. The Kier molecular flexibility index (Phi) is 6.56. The fraction of sp³-hybridized carbons (Fsp3) is 0.0182. The molecular formula is C55H34N2S. The van der Waals surface area contributed by atoms with E-state index in [4.69, 9.17) is 0 Å². The van der Waals surface area contributed by atoms with Gasteiger partial charge in [-0.3, -0.25) is 0 Å². The fourth-order valence-corrected chi connectivity index (χ4v) is 11.8. The van der Waals surface area contributed by atoms with Crippen LogP contribution in [0.3, 0.4) is 0 Å². The number of benzene rings is 9. The van der Waals surface area contributed by atoms with Gasteiger partial charge in [-0.2, -0.15) is 0 Å². The molecule has 0 saturated heterocycles. The second-order valence-electron chi connectivity index (χ2n) is 15.5. The van der Waals surface area contributed by atoms with E-state index in [9.17, 15) is 0 Å². The number of rotatable bonds is 4. The monoisotopic (exact) mass is 754 g/mol. The molecule has 2 heterocycles. The Balaban J connectivity index is 1.22. The van der Waals surface area contributed by atoms with Crippen LogP contribution >= 0.6 is 11.3 Å². The lowest BCUT2D eigenvalue weighted by atomic mass is 9.70. The summed E-state index contributed by atoms with van der Waals surface area (Å²) in [5.74, 6) is 0. The highest BCUT2D eigenvalue weighted by Crippen LogP contribution is 2.65. The van der Waals surface area contributed by atoms with Gasteiger partial charge in [-0.25, -0.2) is 0 Å². The van der Waals surface area contributed by atoms with Gasteiger partial charge in [-0.15, -0.1) is 11.3 Å². The highest BCUT2D eigenvalue weighted by atomic mass is 32.1. The molecule has 0 atom stereocenters. The molecule has 0 saturated carbocycles. The standard InChI is InChI=1S/C55H34N2S/c1-2-17-35(18-3-1)56-45-28-12-7-22-40(45)52-46(56)29-15-30-47(52)57(48-31-16-34-51-53(48)41-23-8-13-33-50(41)58-51)49-32-14-24-39-38-21-6-11-27-44(38)55(54(39)49)42-25-9-4-19-36(42)37-20-5-10-26-43(37)55/h1-34H. The molecule has 2 aliphatic rings. The van der Waals surface area contributed by atoms with Crippen molar-refractivity contribution < 1.29 is 0 Å². The molecule has 2 aliphatic carbocycles. The summed E-state index contributed by atoms with van der Waals surface area (Å²) in [7, 11) is 0. The molecule has 2 nitrogen and oxygen atoms in total. The quantitative estimate of drug-likeness (QED) is 0.174. The molecule has 11 aromatic rings. The SMILES string of the molecule is c1ccc(-n2c3ccccc3c3c(N(c4cccc5c4C4(c6ccccc6-c6ccccc64)c4ccccc4-5)c4cccc5sc6ccccc6c45)cccc32)cc1. The number of para-hydroxylation sites is 2. The molecule has 0 fully saturated rings. The van der Waals surface area contributed by atoms with Crippen LogP contribution in [-0.4, -0.2) is 4.57 Å². The van der Waals surface area contributed by atoms with Gasteiger partial charge in [0, 0.05) is 42.2 Å². The number of hydrogen-bond acceptors (Lipinski definition) is 2. The number of thiophene rings is 1. The molecule has 58 heavy (non-hydrogen) atoms. The van der Waals surface area contributed by atoms with Crippen LogP contribution in [0.4, 0.5) is 17.1 Å². The van der Waals surface area contributed by atoms with Crippen LogP contribution in [0.1, 0.15) is 22.3 Å². The summed E-state index contributed by atoms with van der Waals surface area (Å²) in [6.07, 6.45) is 0. The predicted molar refractivity (Wildman–Crippen MR) is 245 cm³/mol. The molecule has 0 radical (unpaired) electrons. The van der Waals surface area contributed by atoms with Gasteiger partial charge in [0.05, 0.1) is 33.5 Å². The fourth-order valence-electron chi connectivity index (χ4n) is 10.7. The smallest absolute Gasteiger partial charge is 0.0746 e. The zero-order valence-corrected chi connectivity index (χ0v) is 32.2. The van der Waals surface area contributed by atoms with Gasteiger partial charge in [0.2, 0.25) is 0 Å². The number of hydrogen-bond donors (Lipinski definition) is 0. The molecular weight excluding hydrogens is 721 g/mol. The molecule has 0 aliphatic heterocycles. The topological polar surface area (TPSA) is 8.17 Å². The highest BCUT2D eigenvalue weighted by molar-refractivity contribution is 7.26. The van der Waals surface area contributed by atoms with Gasteiger partial charge in [0.1, 0.15) is 0 Å². The highest BCUT2D eigenvalue weighted by Gasteiger charge is 2.53. The van der Waals surface area contributed by atoms with Crippen LogP contribution < -0.4 is 4.90 Å². The number of aromatic nitrogens is 1. The number of fused-ring (bicyclic) bond motifs is 16. The van der Waals surface area contributed by atoms with E-state index in [1.54, 1.807) is 0 Å². The molecule has 0 N–H and O–H groups in total. The van der Waals surface area contributed by atoms with Crippen molar-refractivity contribution in [1.29, 1.82) is 0 Å². The molecule has 0 amide bonds. The third-order valence-corrected chi connectivity index (χ3v) is 13.9. The Hall–Kier alpha value is -7.20. The van der Waals surface area contributed by atoms with Crippen molar-refractivity contribution in [2.45, 2.75) is 5.41 Å². The summed E-state index contributed by atoms with van der Waals surface area (Å²) < 4.78 is 5.01. The first-order valence-electron chi connectivity index (χ1n) is 20.0. The van der Waals surface area contributed by atoms with Crippen LogP contribution in [0.2, 0.25) is 0 Å². The van der Waals surface area contributed by atoms with Gasteiger partial charge in [0.15, 0.2) is 0 Å². The Labute approximate surface area is 340 Å². The summed E-state index contributed by atoms with van der Waals surface area (Å²) in [6.45, 7) is 0. The summed E-state index contributed by atoms with van der Waals surface area (Å²) in [4.78, 5) is 2.63. The largest absolute Gasteiger partial charge is 0.309 e. The van der Waals surface area contributed by atoms with Gasteiger partial charge >= 0.3 is 0 Å². The lowest BCUT2D eigenvalue weighted by Gasteiger charge is -2.36. The Morgan fingerprint density at radius 3 is 1.60 bits per heavy atom. The van der Waals surface area contributed by atoms with E-state index in [1.807, 2.05) is 11.3 Å². The van der Waals surface area contributed by atoms with E-state index in [1.165, 1.54) is 97.9 Å². The van der Waals surface area contributed by atoms with Crippen molar-refractivity contribution in [3.63, 3.8) is 0 Å². The van der Waals surface area contributed by atoms with Crippen LogP contribution in [-0.2, 0) is 5.41 Å². The van der Waals surface area contributed by atoms with E-state index in [2.05, 4.69) is 216 Å². The Morgan fingerprint density at radius 2 is 0.862 bits per heavy atom. The average Bonchev–Trinajstić information content (AvgIpc) is 4.01. The molecule has 270 valence electrons. The molecule has 3 heteroatoms. The van der Waals surface area contributed by atoms with Crippen LogP contribution in [0, 0.1) is 0 Å². The summed E-state index contributed by atoms with van der Waals surface area (Å²) in [5, 5.41) is 5.02. The molecule has 0 unspecified atom stereocenters. The zero-order chi connectivity index (χ0) is 38.0. The van der Waals surface area contributed by atoms with Gasteiger partial charge in [-0.1, -0.05) is 152 Å². The van der Waals surface area contributed by atoms with E-state index >= 15 is 0 Å². The van der Waals surface area contributed by atoms with Crippen LogP contribution in [0.15, 0.2) is 206 Å². The summed E-state index contributed by atoms with van der Waals surface area (Å²) in [5.41, 5.74) is 17.1. The minimum Gasteiger partial charge on any atom is -0.309 e. The van der Waals surface area contributed by atoms with Crippen molar-refractivity contribution in [2.75, 3.05) is 4.90 Å². The summed E-state index contributed by atoms with van der Waals surface area (Å²) >= 11 is 1.88. The molecule has 1 spiro atoms. The van der Waals surface area contributed by atoms with Crippen LogP contribution in [0.25, 0.3) is 69.9 Å². The lowest BCUT2D eigenvalue weighted by molar-refractivity contribution is 0.793.